The molecular weight excluding hydrogens is 417 g/mol. The Kier molecular flexibility index (Phi) is 5.50. The summed E-state index contributed by atoms with van der Waals surface area (Å²) < 4.78 is 24.4. The zero-order valence-electron chi connectivity index (χ0n) is 15.9. The first-order valence-electron chi connectivity index (χ1n) is 9.01. The number of hydrogen-bond acceptors (Lipinski definition) is 10. The summed E-state index contributed by atoms with van der Waals surface area (Å²) in [7, 11) is 1.29. The lowest BCUT2D eigenvalue weighted by Crippen LogP contribution is -2.38. The average Bonchev–Trinajstić information content (AvgIpc) is 3.40. The molecule has 1 atom stereocenters. The van der Waals surface area contributed by atoms with Crippen molar-refractivity contribution in [1.82, 2.24) is 4.98 Å². The molecule has 2 aliphatic heterocycles. The molecule has 4 rings (SSSR count). The van der Waals surface area contributed by atoms with Crippen molar-refractivity contribution in [3.63, 3.8) is 0 Å². The first-order valence-corrected chi connectivity index (χ1v) is 9.89. The fourth-order valence-corrected chi connectivity index (χ4v) is 3.85. The van der Waals surface area contributed by atoms with Crippen molar-refractivity contribution < 1.29 is 28.6 Å². The molecule has 0 bridgehead atoms. The number of carbonyl (C=O) groups excluding carboxylic acids is 2. The van der Waals surface area contributed by atoms with Crippen LogP contribution in [0.5, 0.6) is 0 Å². The standard InChI is InChI=1S/C18H18FN5O5S/c1-28-16(26)14-9-30-17(21-14)24-5-4-22(10-20-24)15-3-2-11(6-13(15)19)23-7-12(8-25)29-18(23)27/h2-3,6,9-10,12,25H,4-5,7-8H2,1H3/t12-/m1/s1. The van der Waals surface area contributed by atoms with Crippen molar-refractivity contribution in [2.45, 2.75) is 6.10 Å². The summed E-state index contributed by atoms with van der Waals surface area (Å²) in [5, 5.41) is 17.2. The topological polar surface area (TPSA) is 108 Å². The third-order valence-corrected chi connectivity index (χ3v) is 5.47. The Hall–Kier alpha value is -3.25. The van der Waals surface area contributed by atoms with Gasteiger partial charge in [-0.25, -0.2) is 24.0 Å². The van der Waals surface area contributed by atoms with E-state index >= 15 is 0 Å². The number of nitrogens with zero attached hydrogens (tertiary/aromatic N) is 5. The lowest BCUT2D eigenvalue weighted by molar-refractivity contribution is 0.0595. The lowest BCUT2D eigenvalue weighted by atomic mass is 10.2. The number of methoxy groups -OCH3 is 1. The monoisotopic (exact) mass is 435 g/mol. The number of aliphatic hydroxyl groups is 1. The number of ether oxygens (including phenoxy) is 2. The number of carbonyl (C=O) groups is 2. The van der Waals surface area contributed by atoms with Gasteiger partial charge < -0.3 is 19.5 Å². The molecule has 1 amide bonds. The first kappa shape index (κ1) is 20.0. The molecule has 1 N–H and O–H groups in total. The summed E-state index contributed by atoms with van der Waals surface area (Å²) in [5.41, 5.74) is 0.870. The number of cyclic esters (lactones) is 1. The molecule has 1 fully saturated rings. The number of esters is 1. The number of anilines is 3. The van der Waals surface area contributed by atoms with Gasteiger partial charge in [0.1, 0.15) is 18.3 Å². The number of hydrogen-bond donors (Lipinski definition) is 1. The molecule has 0 radical (unpaired) electrons. The minimum absolute atomic E-state index is 0.162. The fourth-order valence-electron chi connectivity index (χ4n) is 3.08. The molecule has 1 aromatic heterocycles. The SMILES string of the molecule is COC(=O)c1csc(N2CCN(c3ccc(N4C[C@H](CO)OC4=O)cc3F)C=N2)n1. The van der Waals surface area contributed by atoms with Crippen LogP contribution in [0.4, 0.5) is 25.7 Å². The summed E-state index contributed by atoms with van der Waals surface area (Å²) in [6, 6.07) is 4.42. The van der Waals surface area contributed by atoms with Crippen LogP contribution in [0, 0.1) is 5.82 Å². The van der Waals surface area contributed by atoms with Gasteiger partial charge in [-0.15, -0.1) is 11.3 Å². The average molecular weight is 435 g/mol. The number of aromatic nitrogens is 1. The molecule has 1 aromatic carbocycles. The largest absolute Gasteiger partial charge is 0.464 e. The number of benzene rings is 1. The molecular formula is C18H18FN5O5S. The quantitative estimate of drug-likeness (QED) is 0.707. The predicted molar refractivity (Wildman–Crippen MR) is 108 cm³/mol. The van der Waals surface area contributed by atoms with E-state index in [9.17, 15) is 14.0 Å². The number of amides is 1. The molecule has 12 heteroatoms. The zero-order valence-corrected chi connectivity index (χ0v) is 16.7. The molecule has 0 unspecified atom stereocenters. The number of hydrazone groups is 1. The fraction of sp³-hybridized carbons (Fsp3) is 0.333. The number of thiazole rings is 1. The normalized spacial score (nSPS) is 18.7. The van der Waals surface area contributed by atoms with Crippen LogP contribution in [-0.4, -0.2) is 67.9 Å². The van der Waals surface area contributed by atoms with Gasteiger partial charge in [0.05, 0.1) is 38.2 Å². The molecule has 0 spiro atoms. The van der Waals surface area contributed by atoms with Gasteiger partial charge in [-0.05, 0) is 18.2 Å². The van der Waals surface area contributed by atoms with Gasteiger partial charge in [-0.3, -0.25) is 4.90 Å². The first-order chi connectivity index (χ1) is 14.5. The van der Waals surface area contributed by atoms with Crippen LogP contribution in [0.15, 0.2) is 28.7 Å². The second-order valence-corrected chi connectivity index (χ2v) is 7.33. The smallest absolute Gasteiger partial charge is 0.414 e. The van der Waals surface area contributed by atoms with Crippen molar-refractivity contribution in [1.29, 1.82) is 0 Å². The van der Waals surface area contributed by atoms with Crippen LogP contribution in [0.3, 0.4) is 0 Å². The summed E-state index contributed by atoms with van der Waals surface area (Å²) >= 11 is 1.26. The molecule has 30 heavy (non-hydrogen) atoms. The summed E-state index contributed by atoms with van der Waals surface area (Å²) in [4.78, 5) is 30.5. The molecule has 3 heterocycles. The highest BCUT2D eigenvalue weighted by Gasteiger charge is 2.32. The zero-order chi connectivity index (χ0) is 21.3. The molecule has 2 aromatic rings. The molecule has 10 nitrogen and oxygen atoms in total. The van der Waals surface area contributed by atoms with Crippen LogP contribution in [0.25, 0.3) is 0 Å². The summed E-state index contributed by atoms with van der Waals surface area (Å²) in [5.74, 6) is -1.04. The highest BCUT2D eigenvalue weighted by atomic mass is 32.1. The van der Waals surface area contributed by atoms with E-state index in [2.05, 4.69) is 14.8 Å². The minimum atomic E-state index is -0.619. The van der Waals surface area contributed by atoms with Crippen molar-refractivity contribution in [2.24, 2.45) is 5.10 Å². The Bertz CT molecular complexity index is 999. The molecule has 2 aliphatic rings. The van der Waals surface area contributed by atoms with Gasteiger partial charge in [0.25, 0.3) is 0 Å². The van der Waals surface area contributed by atoms with Gasteiger partial charge in [-0.1, -0.05) is 0 Å². The third-order valence-electron chi connectivity index (χ3n) is 4.62. The van der Waals surface area contributed by atoms with E-state index in [0.29, 0.717) is 29.6 Å². The molecule has 1 saturated heterocycles. The van der Waals surface area contributed by atoms with Gasteiger partial charge in [0.2, 0.25) is 5.13 Å². The van der Waals surface area contributed by atoms with Crippen LogP contribution in [0.1, 0.15) is 10.5 Å². The van der Waals surface area contributed by atoms with Crippen LogP contribution in [0.2, 0.25) is 0 Å². The van der Waals surface area contributed by atoms with Gasteiger partial charge in [0, 0.05) is 11.9 Å². The predicted octanol–water partition coefficient (Wildman–Crippen LogP) is 1.66. The second-order valence-electron chi connectivity index (χ2n) is 6.49. The Morgan fingerprint density at radius 3 is 2.90 bits per heavy atom. The summed E-state index contributed by atoms with van der Waals surface area (Å²) in [6.45, 7) is 0.743. The van der Waals surface area contributed by atoms with Crippen molar-refractivity contribution in [3.05, 3.63) is 35.1 Å². The Morgan fingerprint density at radius 1 is 1.43 bits per heavy atom. The van der Waals surface area contributed by atoms with Gasteiger partial charge >= 0.3 is 12.1 Å². The van der Waals surface area contributed by atoms with E-state index in [0.717, 1.165) is 0 Å². The molecule has 158 valence electrons. The van der Waals surface area contributed by atoms with E-state index in [1.54, 1.807) is 27.4 Å². The Balaban J connectivity index is 1.46. The third kappa shape index (κ3) is 3.78. The van der Waals surface area contributed by atoms with Crippen LogP contribution < -0.4 is 14.8 Å². The maximum atomic E-state index is 14.7. The maximum Gasteiger partial charge on any atom is 0.414 e. The Morgan fingerprint density at radius 2 is 2.27 bits per heavy atom. The van der Waals surface area contributed by atoms with Crippen molar-refractivity contribution in [3.8, 4) is 0 Å². The van der Waals surface area contributed by atoms with Gasteiger partial charge in [0.15, 0.2) is 5.69 Å². The van der Waals surface area contributed by atoms with Crippen molar-refractivity contribution >= 4 is 46.2 Å². The van der Waals surface area contributed by atoms with E-state index < -0.39 is 24.0 Å². The van der Waals surface area contributed by atoms with E-state index in [1.165, 1.54) is 35.8 Å². The van der Waals surface area contributed by atoms with Crippen molar-refractivity contribution in [2.75, 3.05) is 48.2 Å². The van der Waals surface area contributed by atoms with E-state index in [4.69, 9.17) is 9.84 Å². The van der Waals surface area contributed by atoms with Crippen LogP contribution in [-0.2, 0) is 9.47 Å². The number of halogens is 1. The van der Waals surface area contributed by atoms with E-state index in [-0.39, 0.29) is 18.8 Å². The molecule has 0 aliphatic carbocycles. The number of rotatable bonds is 5. The highest BCUT2D eigenvalue weighted by molar-refractivity contribution is 7.13. The highest BCUT2D eigenvalue weighted by Crippen LogP contribution is 2.29. The van der Waals surface area contributed by atoms with Crippen LogP contribution >= 0.6 is 11.3 Å². The number of aliphatic hydroxyl groups excluding tert-OH is 1. The Labute approximate surface area is 174 Å². The van der Waals surface area contributed by atoms with E-state index in [1.807, 2.05) is 0 Å². The second kappa shape index (κ2) is 8.24. The summed E-state index contributed by atoms with van der Waals surface area (Å²) in [6.07, 6.45) is 0.240. The maximum absolute atomic E-state index is 14.7. The lowest BCUT2D eigenvalue weighted by Gasteiger charge is -2.29. The van der Waals surface area contributed by atoms with Gasteiger partial charge in [-0.2, -0.15) is 5.10 Å². The molecule has 0 saturated carbocycles. The minimum Gasteiger partial charge on any atom is -0.464 e.